The van der Waals surface area contributed by atoms with E-state index in [0.717, 1.165) is 36.0 Å². The molecule has 0 saturated heterocycles. The zero-order chi connectivity index (χ0) is 27.1. The Balaban J connectivity index is 1.45. The summed E-state index contributed by atoms with van der Waals surface area (Å²) in [5.41, 5.74) is 1.13. The van der Waals surface area contributed by atoms with Gasteiger partial charge in [0.2, 0.25) is 0 Å². The van der Waals surface area contributed by atoms with Crippen LogP contribution in [-0.4, -0.2) is 41.0 Å². The van der Waals surface area contributed by atoms with Crippen molar-refractivity contribution < 1.29 is 19.7 Å². The molecule has 0 radical (unpaired) electrons. The van der Waals surface area contributed by atoms with Gasteiger partial charge in [0.05, 0.1) is 16.1 Å². The normalized spacial score (nSPS) is 18.1. The maximum absolute atomic E-state index is 11.4. The Bertz CT molecular complexity index is 1220. The first-order chi connectivity index (χ1) is 17.5. The summed E-state index contributed by atoms with van der Waals surface area (Å²) in [6.07, 6.45) is 7.01. The molecule has 0 bridgehead atoms. The van der Waals surface area contributed by atoms with Gasteiger partial charge >= 0.3 is 5.97 Å². The number of carbonyl (C=O) groups is 1. The standard InChI is InChI=1S/C29H32Cl2N2O4/c1-28(2,12-4-5-20-8-9-25(30)26(31)15-20)33-17-23(34)18-37-24-7-3-6-22(16-24)21-10-13-29(19-32,14-11-21)27(35)36/h3,6-11,13,15-16,23,33-34H,4-5,12,14,17-18H2,1-2H3,(H,35,36)/t23-,29?/m1/s1. The minimum Gasteiger partial charge on any atom is -0.491 e. The SMILES string of the molecule is CC(C)(CCCc1ccc(Cl)c(Cl)c1)NC[C@@H](O)COc1cccc(C2=CCC(C#N)(C(=O)O)C=C2)c1. The summed E-state index contributed by atoms with van der Waals surface area (Å²) >= 11 is 12.1. The van der Waals surface area contributed by atoms with Crippen molar-refractivity contribution in [2.24, 2.45) is 5.41 Å². The number of aliphatic hydroxyl groups is 1. The highest BCUT2D eigenvalue weighted by molar-refractivity contribution is 6.42. The van der Waals surface area contributed by atoms with Crippen LogP contribution in [0.1, 0.15) is 44.2 Å². The van der Waals surface area contributed by atoms with Crippen molar-refractivity contribution in [3.63, 3.8) is 0 Å². The number of carboxylic acids is 1. The van der Waals surface area contributed by atoms with Gasteiger partial charge in [0.25, 0.3) is 0 Å². The first-order valence-electron chi connectivity index (χ1n) is 12.2. The number of β-amino-alcohol motifs (C(OH)–C–C–N with tert-alkyl or cyclic N) is 1. The first kappa shape index (κ1) is 28.7. The van der Waals surface area contributed by atoms with E-state index in [1.807, 2.05) is 42.5 Å². The van der Waals surface area contributed by atoms with Crippen LogP contribution in [0, 0.1) is 16.7 Å². The second-order valence-corrected chi connectivity index (χ2v) is 10.8. The molecule has 0 amide bonds. The average molecular weight is 543 g/mol. The van der Waals surface area contributed by atoms with Crippen molar-refractivity contribution in [1.29, 1.82) is 5.26 Å². The number of nitrogens with zero attached hydrogens (tertiary/aromatic N) is 1. The largest absolute Gasteiger partial charge is 0.491 e. The van der Waals surface area contributed by atoms with Gasteiger partial charge in [-0.3, -0.25) is 4.79 Å². The number of allylic oxidation sites excluding steroid dienone is 3. The predicted octanol–water partition coefficient (Wildman–Crippen LogP) is 6.06. The smallest absolute Gasteiger partial charge is 0.328 e. The van der Waals surface area contributed by atoms with Gasteiger partial charge in [-0.15, -0.1) is 0 Å². The van der Waals surface area contributed by atoms with Crippen molar-refractivity contribution >= 4 is 34.7 Å². The quantitative estimate of drug-likeness (QED) is 0.301. The molecule has 0 fully saturated rings. The molecule has 196 valence electrons. The first-order valence-corrected chi connectivity index (χ1v) is 12.9. The number of nitrogens with one attached hydrogen (secondary N) is 1. The minimum atomic E-state index is -1.52. The van der Waals surface area contributed by atoms with E-state index in [9.17, 15) is 20.3 Å². The predicted molar refractivity (Wildman–Crippen MR) is 147 cm³/mol. The van der Waals surface area contributed by atoms with Gasteiger partial charge < -0.3 is 20.3 Å². The summed E-state index contributed by atoms with van der Waals surface area (Å²) in [5, 5.41) is 33.6. The van der Waals surface area contributed by atoms with E-state index in [0.29, 0.717) is 22.3 Å². The van der Waals surface area contributed by atoms with Crippen LogP contribution in [0.4, 0.5) is 0 Å². The summed E-state index contributed by atoms with van der Waals surface area (Å²) in [7, 11) is 0. The Kier molecular flexibility index (Phi) is 9.80. The van der Waals surface area contributed by atoms with Crippen LogP contribution >= 0.6 is 23.2 Å². The molecule has 3 rings (SSSR count). The summed E-state index contributed by atoms with van der Waals surface area (Å²) in [6, 6.07) is 15.0. The summed E-state index contributed by atoms with van der Waals surface area (Å²) in [5.74, 6) is -0.557. The molecule has 1 aliphatic rings. The number of aliphatic hydroxyl groups excluding tert-OH is 1. The molecule has 2 aromatic carbocycles. The summed E-state index contributed by atoms with van der Waals surface area (Å²) in [6.45, 7) is 4.73. The molecule has 2 aromatic rings. The molecule has 0 heterocycles. The molecule has 2 atom stereocenters. The van der Waals surface area contributed by atoms with E-state index in [-0.39, 0.29) is 18.6 Å². The number of rotatable bonds is 12. The molecule has 1 unspecified atom stereocenters. The minimum absolute atomic E-state index is 0.101. The van der Waals surface area contributed by atoms with Crippen molar-refractivity contribution in [3.05, 3.63) is 81.9 Å². The van der Waals surface area contributed by atoms with Gasteiger partial charge in [-0.2, -0.15) is 5.26 Å². The molecular formula is C29H32Cl2N2O4. The van der Waals surface area contributed by atoms with Gasteiger partial charge in [0.15, 0.2) is 5.41 Å². The maximum Gasteiger partial charge on any atom is 0.328 e. The monoisotopic (exact) mass is 542 g/mol. The fourth-order valence-electron chi connectivity index (χ4n) is 4.07. The highest BCUT2D eigenvalue weighted by Gasteiger charge is 2.36. The maximum atomic E-state index is 11.4. The third kappa shape index (κ3) is 8.08. The Morgan fingerprint density at radius 3 is 2.68 bits per heavy atom. The molecule has 6 nitrogen and oxygen atoms in total. The van der Waals surface area contributed by atoms with Crippen LogP contribution in [0.25, 0.3) is 5.57 Å². The lowest BCUT2D eigenvalue weighted by molar-refractivity contribution is -0.143. The number of carboxylic acid groups (broad SMARTS) is 1. The Labute approximate surface area is 228 Å². The number of aliphatic carboxylic acids is 1. The second kappa shape index (κ2) is 12.6. The summed E-state index contributed by atoms with van der Waals surface area (Å²) in [4.78, 5) is 11.4. The van der Waals surface area contributed by atoms with Crippen LogP contribution in [-0.2, 0) is 11.2 Å². The third-order valence-corrected chi connectivity index (χ3v) is 7.19. The van der Waals surface area contributed by atoms with Gasteiger partial charge in [-0.25, -0.2) is 0 Å². The van der Waals surface area contributed by atoms with Crippen LogP contribution in [0.15, 0.2) is 60.7 Å². The fourth-order valence-corrected chi connectivity index (χ4v) is 4.39. The van der Waals surface area contributed by atoms with Crippen LogP contribution in [0.2, 0.25) is 10.0 Å². The van der Waals surface area contributed by atoms with E-state index in [2.05, 4.69) is 19.2 Å². The fraction of sp³-hybridized carbons (Fsp3) is 0.379. The summed E-state index contributed by atoms with van der Waals surface area (Å²) < 4.78 is 5.81. The van der Waals surface area contributed by atoms with Gasteiger partial charge in [0.1, 0.15) is 18.5 Å². The molecule has 3 N–H and O–H groups in total. The molecule has 0 aromatic heterocycles. The number of aryl methyl sites for hydroxylation is 1. The van der Waals surface area contributed by atoms with Gasteiger partial charge in [-0.1, -0.05) is 59.6 Å². The Morgan fingerprint density at radius 2 is 2.03 bits per heavy atom. The molecule has 0 aliphatic heterocycles. The highest BCUT2D eigenvalue weighted by Crippen LogP contribution is 2.34. The van der Waals surface area contributed by atoms with Gasteiger partial charge in [-0.05, 0) is 80.5 Å². The number of hydrogen-bond acceptors (Lipinski definition) is 5. The zero-order valence-electron chi connectivity index (χ0n) is 21.0. The van der Waals surface area contributed by atoms with Crippen molar-refractivity contribution in [2.45, 2.75) is 51.2 Å². The van der Waals surface area contributed by atoms with E-state index in [1.165, 1.54) is 6.08 Å². The van der Waals surface area contributed by atoms with Crippen molar-refractivity contribution in [1.82, 2.24) is 5.32 Å². The van der Waals surface area contributed by atoms with E-state index in [4.69, 9.17) is 27.9 Å². The molecule has 8 heteroatoms. The second-order valence-electron chi connectivity index (χ2n) is 9.94. The van der Waals surface area contributed by atoms with Crippen LogP contribution in [0.5, 0.6) is 5.75 Å². The molecule has 37 heavy (non-hydrogen) atoms. The number of halogens is 2. The third-order valence-electron chi connectivity index (χ3n) is 6.45. The van der Waals surface area contributed by atoms with Crippen molar-refractivity contribution in [3.8, 4) is 11.8 Å². The lowest BCUT2D eigenvalue weighted by atomic mass is 9.80. The Hall–Kier alpha value is -2.82. The Morgan fingerprint density at radius 1 is 1.24 bits per heavy atom. The average Bonchev–Trinajstić information content (AvgIpc) is 2.88. The molecular weight excluding hydrogens is 511 g/mol. The van der Waals surface area contributed by atoms with E-state index in [1.54, 1.807) is 18.2 Å². The topological polar surface area (TPSA) is 103 Å². The number of benzene rings is 2. The number of hydrogen-bond donors (Lipinski definition) is 3. The van der Waals surface area contributed by atoms with Crippen LogP contribution < -0.4 is 10.1 Å². The lowest BCUT2D eigenvalue weighted by Gasteiger charge is -2.28. The van der Waals surface area contributed by atoms with E-state index < -0.39 is 17.5 Å². The molecule has 0 saturated carbocycles. The van der Waals surface area contributed by atoms with Crippen molar-refractivity contribution in [2.75, 3.05) is 13.2 Å². The van der Waals surface area contributed by atoms with Gasteiger partial charge in [0, 0.05) is 12.1 Å². The van der Waals surface area contributed by atoms with E-state index >= 15 is 0 Å². The number of ether oxygens (including phenoxy) is 1. The number of nitriles is 1. The molecule has 1 aliphatic carbocycles. The van der Waals surface area contributed by atoms with Crippen LogP contribution in [0.3, 0.4) is 0 Å². The highest BCUT2D eigenvalue weighted by atomic mass is 35.5. The zero-order valence-corrected chi connectivity index (χ0v) is 22.5. The lowest BCUT2D eigenvalue weighted by Crippen LogP contribution is -2.44. The molecule has 0 spiro atoms.